The zero-order valence-electron chi connectivity index (χ0n) is 18.2. The maximum Gasteiger partial charge on any atom is 0.225 e. The van der Waals surface area contributed by atoms with Gasteiger partial charge in [-0.05, 0) is 32.6 Å². The minimum atomic E-state index is 0. The summed E-state index contributed by atoms with van der Waals surface area (Å²) in [4.78, 5) is 19.5. The van der Waals surface area contributed by atoms with Gasteiger partial charge in [-0.25, -0.2) is 0 Å². The molecule has 2 fully saturated rings. The fraction of sp³-hybridized carbons (Fsp3) is 0.800. The molecule has 2 heterocycles. The number of carbonyl (C=O) groups excluding carboxylic acids is 1. The van der Waals surface area contributed by atoms with Crippen LogP contribution in [0.5, 0.6) is 0 Å². The number of carbonyl (C=O) groups is 1. The minimum absolute atomic E-state index is 0. The first-order chi connectivity index (χ1) is 14.2. The molecule has 0 unspecified atom stereocenters. The van der Waals surface area contributed by atoms with Crippen LogP contribution in [-0.2, 0) is 17.8 Å². The van der Waals surface area contributed by atoms with Gasteiger partial charge in [0, 0.05) is 56.1 Å². The monoisotopic (exact) mass is 549 g/mol. The number of amides is 1. The summed E-state index contributed by atoms with van der Waals surface area (Å²) in [6.45, 7) is 8.30. The van der Waals surface area contributed by atoms with Crippen molar-refractivity contribution in [1.29, 1.82) is 0 Å². The summed E-state index contributed by atoms with van der Waals surface area (Å²) in [6.07, 6.45) is 6.64. The van der Waals surface area contributed by atoms with Crippen molar-refractivity contribution in [2.24, 2.45) is 10.9 Å². The number of thioether (sulfide) groups is 1. The van der Waals surface area contributed by atoms with Crippen molar-refractivity contribution < 1.29 is 4.79 Å². The van der Waals surface area contributed by atoms with Gasteiger partial charge in [-0.2, -0.15) is 11.8 Å². The summed E-state index contributed by atoms with van der Waals surface area (Å²) >= 11 is 1.95. The molecule has 1 aliphatic heterocycles. The molecular formula is C20H36IN7OS. The molecule has 1 aromatic heterocycles. The van der Waals surface area contributed by atoms with Crippen LogP contribution in [0.3, 0.4) is 0 Å². The third-order valence-electron chi connectivity index (χ3n) is 5.71. The van der Waals surface area contributed by atoms with Gasteiger partial charge in [0.1, 0.15) is 12.2 Å². The van der Waals surface area contributed by atoms with E-state index in [9.17, 15) is 4.79 Å². The second-order valence-electron chi connectivity index (χ2n) is 7.69. The van der Waals surface area contributed by atoms with E-state index in [1.807, 2.05) is 11.8 Å². The number of hydrogen-bond donors (Lipinski definition) is 2. The molecule has 0 bridgehead atoms. The number of aliphatic imine (C=N–C) groups is 1. The molecule has 1 aromatic rings. The summed E-state index contributed by atoms with van der Waals surface area (Å²) < 4.78 is 2.06. The highest BCUT2D eigenvalue weighted by Gasteiger charge is 2.30. The molecule has 0 radical (unpaired) electrons. The first-order valence-corrected chi connectivity index (χ1v) is 12.1. The standard InChI is InChI=1S/C20H35N7OS.HI/c1-3-18-25-23-15-27(18)10-9-22-20(21-4-2)24-17-7-5-16(6-8-17)19(28)26-11-13-29-14-12-26;/h15-17H,3-14H2,1-2H3,(H2,21,22,24);1H. The van der Waals surface area contributed by atoms with Crippen LogP contribution in [0.15, 0.2) is 11.3 Å². The molecule has 170 valence electrons. The molecule has 2 N–H and O–H groups in total. The minimum Gasteiger partial charge on any atom is -0.357 e. The molecule has 30 heavy (non-hydrogen) atoms. The van der Waals surface area contributed by atoms with Gasteiger partial charge >= 0.3 is 0 Å². The second kappa shape index (κ2) is 13.4. The second-order valence-corrected chi connectivity index (χ2v) is 8.91. The molecule has 2 aliphatic rings. The molecular weight excluding hydrogens is 513 g/mol. The van der Waals surface area contributed by atoms with Crippen LogP contribution < -0.4 is 10.6 Å². The Morgan fingerprint density at radius 2 is 1.97 bits per heavy atom. The van der Waals surface area contributed by atoms with Crippen LogP contribution in [0.1, 0.15) is 45.4 Å². The quantitative estimate of drug-likeness (QED) is 0.308. The normalized spacial score (nSPS) is 22.3. The highest BCUT2D eigenvalue weighted by Crippen LogP contribution is 2.27. The van der Waals surface area contributed by atoms with Crippen molar-refractivity contribution in [2.75, 3.05) is 37.7 Å². The number of hydrogen-bond acceptors (Lipinski definition) is 5. The number of halogens is 1. The molecule has 0 aromatic carbocycles. The largest absolute Gasteiger partial charge is 0.357 e. The maximum atomic E-state index is 12.7. The van der Waals surface area contributed by atoms with E-state index in [1.54, 1.807) is 6.33 Å². The van der Waals surface area contributed by atoms with Crippen LogP contribution >= 0.6 is 35.7 Å². The Morgan fingerprint density at radius 3 is 2.63 bits per heavy atom. The third-order valence-corrected chi connectivity index (χ3v) is 6.65. The number of aryl methyl sites for hydroxylation is 1. The topological polar surface area (TPSA) is 87.4 Å². The van der Waals surface area contributed by atoms with Gasteiger partial charge in [0.25, 0.3) is 0 Å². The van der Waals surface area contributed by atoms with Crippen molar-refractivity contribution >= 4 is 47.6 Å². The molecule has 1 saturated carbocycles. The van der Waals surface area contributed by atoms with Crippen molar-refractivity contribution in [1.82, 2.24) is 30.3 Å². The van der Waals surface area contributed by atoms with Gasteiger partial charge in [-0.3, -0.25) is 9.79 Å². The first-order valence-electron chi connectivity index (χ1n) is 11.0. The van der Waals surface area contributed by atoms with E-state index in [0.29, 0.717) is 18.5 Å². The Hall–Kier alpha value is -1.04. The van der Waals surface area contributed by atoms with Gasteiger partial charge in [-0.15, -0.1) is 34.2 Å². The summed E-state index contributed by atoms with van der Waals surface area (Å²) in [5.41, 5.74) is 0. The molecule has 10 heteroatoms. The van der Waals surface area contributed by atoms with Crippen LogP contribution in [0.4, 0.5) is 0 Å². The Morgan fingerprint density at radius 1 is 1.23 bits per heavy atom. The van der Waals surface area contributed by atoms with E-state index in [-0.39, 0.29) is 29.9 Å². The van der Waals surface area contributed by atoms with Crippen molar-refractivity contribution in [3.8, 4) is 0 Å². The highest BCUT2D eigenvalue weighted by molar-refractivity contribution is 14.0. The number of nitrogens with one attached hydrogen (secondary N) is 2. The van der Waals surface area contributed by atoms with E-state index in [2.05, 4.69) is 44.1 Å². The zero-order chi connectivity index (χ0) is 20.5. The molecule has 1 amide bonds. The van der Waals surface area contributed by atoms with Gasteiger partial charge in [0.2, 0.25) is 5.91 Å². The lowest BCUT2D eigenvalue weighted by Gasteiger charge is -2.34. The first kappa shape index (κ1) is 25.2. The third kappa shape index (κ3) is 7.28. The number of aromatic nitrogens is 3. The van der Waals surface area contributed by atoms with Gasteiger partial charge in [0.05, 0.1) is 6.54 Å². The van der Waals surface area contributed by atoms with Crippen molar-refractivity contribution in [3.63, 3.8) is 0 Å². The van der Waals surface area contributed by atoms with Crippen LogP contribution in [0, 0.1) is 5.92 Å². The molecule has 1 saturated heterocycles. The number of nitrogens with zero attached hydrogens (tertiary/aromatic N) is 5. The highest BCUT2D eigenvalue weighted by atomic mass is 127. The smallest absolute Gasteiger partial charge is 0.225 e. The molecule has 1 aliphatic carbocycles. The lowest BCUT2D eigenvalue weighted by atomic mass is 9.85. The predicted molar refractivity (Wildman–Crippen MR) is 134 cm³/mol. The lowest BCUT2D eigenvalue weighted by Crippen LogP contribution is -2.47. The van der Waals surface area contributed by atoms with Crippen LogP contribution in [-0.4, -0.2) is 75.3 Å². The van der Waals surface area contributed by atoms with Crippen molar-refractivity contribution in [2.45, 2.75) is 58.5 Å². The molecule has 0 spiro atoms. The van der Waals surface area contributed by atoms with Crippen LogP contribution in [0.25, 0.3) is 0 Å². The summed E-state index contributed by atoms with van der Waals surface area (Å²) in [5.74, 6) is 4.61. The maximum absolute atomic E-state index is 12.7. The number of rotatable bonds is 7. The SMILES string of the molecule is CCNC(=NCCn1cnnc1CC)NC1CCC(C(=O)N2CCSCC2)CC1.I. The van der Waals surface area contributed by atoms with E-state index in [4.69, 9.17) is 4.99 Å². The van der Waals surface area contributed by atoms with Crippen LogP contribution in [0.2, 0.25) is 0 Å². The fourth-order valence-electron chi connectivity index (χ4n) is 4.05. The lowest BCUT2D eigenvalue weighted by molar-refractivity contribution is -0.136. The Labute approximate surface area is 201 Å². The fourth-order valence-corrected chi connectivity index (χ4v) is 4.95. The van der Waals surface area contributed by atoms with E-state index in [1.165, 1.54) is 0 Å². The molecule has 3 rings (SSSR count). The Bertz CT molecular complexity index is 670. The Balaban J connectivity index is 0.00000320. The van der Waals surface area contributed by atoms with Gasteiger partial charge in [0.15, 0.2) is 5.96 Å². The average molecular weight is 550 g/mol. The predicted octanol–water partition coefficient (Wildman–Crippen LogP) is 2.15. The Kier molecular flexibility index (Phi) is 11.3. The van der Waals surface area contributed by atoms with Gasteiger partial charge in [-0.1, -0.05) is 6.92 Å². The van der Waals surface area contributed by atoms with E-state index < -0.39 is 0 Å². The van der Waals surface area contributed by atoms with E-state index in [0.717, 1.165) is 81.6 Å². The number of guanidine groups is 1. The summed E-state index contributed by atoms with van der Waals surface area (Å²) in [6, 6.07) is 0.384. The van der Waals surface area contributed by atoms with Gasteiger partial charge < -0.3 is 20.1 Å². The summed E-state index contributed by atoms with van der Waals surface area (Å²) in [5, 5.41) is 15.0. The average Bonchev–Trinajstić information content (AvgIpc) is 3.22. The van der Waals surface area contributed by atoms with Crippen molar-refractivity contribution in [3.05, 3.63) is 12.2 Å². The zero-order valence-corrected chi connectivity index (χ0v) is 21.3. The summed E-state index contributed by atoms with van der Waals surface area (Å²) in [7, 11) is 0. The van der Waals surface area contributed by atoms with E-state index >= 15 is 0 Å². The molecule has 0 atom stereocenters. The molecule has 8 nitrogen and oxygen atoms in total.